The zero-order chi connectivity index (χ0) is 45.7. The summed E-state index contributed by atoms with van der Waals surface area (Å²) in [6.07, 6.45) is 3.18. The molecule has 4 aromatic carbocycles. The Balaban J connectivity index is 1.10. The molecule has 3 saturated heterocycles. The van der Waals surface area contributed by atoms with Gasteiger partial charge in [0.2, 0.25) is 11.1 Å². The number of carbonyl (C=O) groups excluding carboxylic acids is 1. The lowest BCUT2D eigenvalue weighted by atomic mass is 9.79. The molecule has 344 valence electrons. The maximum Gasteiger partial charge on any atom is 0.280 e. The van der Waals surface area contributed by atoms with Gasteiger partial charge in [0.1, 0.15) is 34.9 Å². The standard InChI is InChI=1S/C48H52N7O8PS2/c1-53(2)31-50-46-51-42-39(43(56)52-46)49-32-55(42)44-40-41(63-64(54-25-11-12-26-54)66-28-27-65-45(57)33-13-7-5-8-14-33)47(62-44,29-60-40)30-61-48(34-15-9-6-10-16-34,35-17-21-37(58-3)22-18-35)36-19-23-38(59-4)24-20-36/h5-10,13-24,31-32,40-41,44H,11-12,25-30H2,1-4H3,(H,51,52,56)/t40-,41?,44+,47+,64?/m0/s1. The van der Waals surface area contributed by atoms with Crippen molar-refractivity contribution in [1.29, 1.82) is 0 Å². The van der Waals surface area contributed by atoms with Crippen LogP contribution in [-0.2, 0) is 24.3 Å². The fourth-order valence-corrected chi connectivity index (χ4v) is 13.9. The van der Waals surface area contributed by atoms with E-state index in [0.29, 0.717) is 34.2 Å². The van der Waals surface area contributed by atoms with Crippen molar-refractivity contribution in [2.75, 3.05) is 66.1 Å². The first-order valence-corrected chi connectivity index (χ1v) is 25.5. The van der Waals surface area contributed by atoms with Gasteiger partial charge in [0.15, 0.2) is 24.9 Å². The molecule has 0 radical (unpaired) electrons. The number of aliphatic imine (C=N–C) groups is 1. The predicted molar refractivity (Wildman–Crippen MR) is 259 cm³/mol. The number of aromatic amines is 1. The average Bonchev–Trinajstić information content (AvgIpc) is 4.17. The normalized spacial score (nSPS) is 21.2. The number of hydrogen-bond donors (Lipinski definition) is 1. The molecule has 2 unspecified atom stereocenters. The summed E-state index contributed by atoms with van der Waals surface area (Å²) < 4.78 is 44.4. The molecule has 0 aliphatic carbocycles. The third-order valence-electron chi connectivity index (χ3n) is 11.8. The van der Waals surface area contributed by atoms with Crippen LogP contribution in [-0.4, -0.2) is 124 Å². The number of ether oxygens (including phenoxy) is 5. The minimum atomic E-state index is -1.25. The predicted octanol–water partition coefficient (Wildman–Crippen LogP) is 8.05. The number of methoxy groups -OCH3 is 2. The molecular formula is C48H52N7O8PS2. The number of aromatic nitrogens is 4. The summed E-state index contributed by atoms with van der Waals surface area (Å²) in [7, 11) is 5.71. The van der Waals surface area contributed by atoms with Gasteiger partial charge in [-0.2, -0.15) is 4.98 Å². The highest BCUT2D eigenvalue weighted by Gasteiger charge is 2.65. The molecule has 5 heterocycles. The van der Waals surface area contributed by atoms with Crippen LogP contribution in [0.3, 0.4) is 0 Å². The molecule has 15 nitrogen and oxygen atoms in total. The molecule has 6 aromatic rings. The van der Waals surface area contributed by atoms with Crippen molar-refractivity contribution in [3.8, 4) is 11.5 Å². The molecule has 3 fully saturated rings. The molecule has 18 heteroatoms. The van der Waals surface area contributed by atoms with Crippen LogP contribution in [0.1, 0.15) is 46.1 Å². The van der Waals surface area contributed by atoms with Crippen molar-refractivity contribution in [2.45, 2.75) is 42.5 Å². The second-order valence-electron chi connectivity index (χ2n) is 16.3. The van der Waals surface area contributed by atoms with Crippen LogP contribution in [0.25, 0.3) is 11.2 Å². The van der Waals surface area contributed by atoms with Gasteiger partial charge in [-0.3, -0.25) is 23.8 Å². The Labute approximate surface area is 392 Å². The molecule has 0 spiro atoms. The highest BCUT2D eigenvalue weighted by atomic mass is 32.7. The van der Waals surface area contributed by atoms with E-state index in [1.54, 1.807) is 47.7 Å². The van der Waals surface area contributed by atoms with Gasteiger partial charge in [-0.15, -0.1) is 0 Å². The summed E-state index contributed by atoms with van der Waals surface area (Å²) in [4.78, 5) is 44.5. The average molecular weight is 950 g/mol. The van der Waals surface area contributed by atoms with E-state index in [2.05, 4.69) is 31.8 Å². The molecule has 66 heavy (non-hydrogen) atoms. The van der Waals surface area contributed by atoms with Gasteiger partial charge in [-0.1, -0.05) is 108 Å². The Hall–Kier alpha value is -5.10. The van der Waals surface area contributed by atoms with E-state index in [1.807, 2.05) is 111 Å². The van der Waals surface area contributed by atoms with Crippen LogP contribution in [0.5, 0.6) is 11.5 Å². The molecule has 2 aromatic heterocycles. The fourth-order valence-electron chi connectivity index (χ4n) is 8.56. The minimum absolute atomic E-state index is 0.0336. The summed E-state index contributed by atoms with van der Waals surface area (Å²) in [5, 5.41) is 0.0448. The number of imidazole rings is 1. The number of benzene rings is 4. The Bertz CT molecular complexity index is 2620. The molecule has 1 N–H and O–H groups in total. The molecule has 3 aliphatic rings. The van der Waals surface area contributed by atoms with E-state index >= 15 is 0 Å². The molecule has 5 atom stereocenters. The van der Waals surface area contributed by atoms with Gasteiger partial charge >= 0.3 is 0 Å². The number of fused-ring (bicyclic) bond motifs is 3. The molecule has 2 bridgehead atoms. The van der Waals surface area contributed by atoms with E-state index in [4.69, 9.17) is 33.2 Å². The number of nitrogens with zero attached hydrogens (tertiary/aromatic N) is 6. The summed E-state index contributed by atoms with van der Waals surface area (Å²) >= 11 is 3.05. The zero-order valence-corrected chi connectivity index (χ0v) is 39.7. The SMILES string of the molecule is COc1ccc(C(OC[C@]23CO[C@@H](C2OP(SCCSC(=O)c2ccccc2)N2CCCC2)[C@H](n2cnc4c(=O)[nH]c(N=CN(C)C)nc42)O3)(c2ccccc2)c2ccc(OC)cc2)cc1. The number of carbonyl (C=O) groups is 1. The van der Waals surface area contributed by atoms with Gasteiger partial charge in [-0.25, -0.2) is 9.98 Å². The lowest BCUT2D eigenvalue weighted by molar-refractivity contribution is -0.201. The monoisotopic (exact) mass is 949 g/mol. The van der Waals surface area contributed by atoms with E-state index in [-0.39, 0.29) is 29.8 Å². The lowest BCUT2D eigenvalue weighted by Gasteiger charge is -2.40. The first-order chi connectivity index (χ1) is 32.2. The van der Waals surface area contributed by atoms with Crippen LogP contribution in [0.2, 0.25) is 0 Å². The molecule has 9 rings (SSSR count). The number of nitrogens with one attached hydrogen (secondary N) is 1. The Morgan fingerprint density at radius 2 is 1.56 bits per heavy atom. The number of H-pyrrole nitrogens is 1. The summed E-state index contributed by atoms with van der Waals surface area (Å²) in [6, 6.07) is 35.3. The molecule has 0 saturated carbocycles. The van der Waals surface area contributed by atoms with E-state index in [9.17, 15) is 9.59 Å². The summed E-state index contributed by atoms with van der Waals surface area (Å²) in [6.45, 7) is 1.99. The number of hydrogen-bond acceptors (Lipinski definition) is 14. The number of rotatable bonds is 19. The van der Waals surface area contributed by atoms with Crippen LogP contribution in [0.4, 0.5) is 5.95 Å². The third-order valence-corrected chi connectivity index (χ3v) is 17.0. The Morgan fingerprint density at radius 3 is 2.20 bits per heavy atom. The first kappa shape index (κ1) is 46.0. The van der Waals surface area contributed by atoms with E-state index in [0.717, 1.165) is 42.6 Å². The summed E-state index contributed by atoms with van der Waals surface area (Å²) in [5.41, 5.74) is 1.01. The van der Waals surface area contributed by atoms with Gasteiger partial charge in [-0.05, 0) is 53.8 Å². The third kappa shape index (κ3) is 9.40. The molecule has 0 amide bonds. The van der Waals surface area contributed by atoms with Crippen molar-refractivity contribution >= 4 is 59.2 Å². The van der Waals surface area contributed by atoms with E-state index in [1.165, 1.54) is 11.8 Å². The molecule has 3 aliphatic heterocycles. The maximum absolute atomic E-state index is 13.4. The smallest absolute Gasteiger partial charge is 0.280 e. The van der Waals surface area contributed by atoms with Gasteiger partial charge < -0.3 is 33.1 Å². The van der Waals surface area contributed by atoms with Gasteiger partial charge in [0.05, 0.1) is 40.1 Å². The van der Waals surface area contributed by atoms with E-state index < -0.39 is 42.7 Å². The molecular weight excluding hydrogens is 898 g/mol. The number of thioether (sulfide) groups is 1. The van der Waals surface area contributed by atoms with Crippen LogP contribution >= 0.6 is 30.6 Å². The van der Waals surface area contributed by atoms with Crippen molar-refractivity contribution in [3.63, 3.8) is 0 Å². The fraction of sp³-hybridized carbons (Fsp3) is 0.354. The first-order valence-electron chi connectivity index (χ1n) is 21.7. The second kappa shape index (κ2) is 20.4. The Morgan fingerprint density at radius 1 is 0.924 bits per heavy atom. The quantitative estimate of drug-likeness (QED) is 0.0274. The van der Waals surface area contributed by atoms with Crippen molar-refractivity contribution in [2.24, 2.45) is 4.99 Å². The van der Waals surface area contributed by atoms with Gasteiger partial charge in [0.25, 0.3) is 5.56 Å². The van der Waals surface area contributed by atoms with Crippen molar-refractivity contribution < 1.29 is 33.0 Å². The Kier molecular flexibility index (Phi) is 14.2. The van der Waals surface area contributed by atoms with Crippen molar-refractivity contribution in [3.05, 3.63) is 148 Å². The zero-order valence-electron chi connectivity index (χ0n) is 37.1. The van der Waals surface area contributed by atoms with Crippen LogP contribution in [0.15, 0.2) is 125 Å². The van der Waals surface area contributed by atoms with Crippen molar-refractivity contribution in [1.82, 2.24) is 29.1 Å². The maximum atomic E-state index is 13.4. The highest BCUT2D eigenvalue weighted by Crippen LogP contribution is 2.61. The van der Waals surface area contributed by atoms with Crippen LogP contribution in [0, 0.1) is 0 Å². The largest absolute Gasteiger partial charge is 0.497 e. The lowest BCUT2D eigenvalue weighted by Crippen LogP contribution is -2.49. The van der Waals surface area contributed by atoms with Crippen LogP contribution < -0.4 is 15.0 Å². The second-order valence-corrected chi connectivity index (χ2v) is 21.0. The topological polar surface area (TPSA) is 155 Å². The summed E-state index contributed by atoms with van der Waals surface area (Å²) in [5.74, 6) is 2.86. The highest BCUT2D eigenvalue weighted by molar-refractivity contribution is 8.53. The van der Waals surface area contributed by atoms with Gasteiger partial charge in [0, 0.05) is 44.3 Å². The minimum Gasteiger partial charge on any atom is -0.497 e.